The van der Waals surface area contributed by atoms with E-state index in [1.54, 1.807) is 25.3 Å². The smallest absolute Gasteiger partial charge is 0.337 e. The van der Waals surface area contributed by atoms with Crippen LogP contribution in [-0.4, -0.2) is 60.8 Å². The summed E-state index contributed by atoms with van der Waals surface area (Å²) < 4.78 is 15.8. The topological polar surface area (TPSA) is 114 Å². The van der Waals surface area contributed by atoms with Crippen molar-refractivity contribution in [2.75, 3.05) is 39.2 Å². The third-order valence-corrected chi connectivity index (χ3v) is 4.95. The van der Waals surface area contributed by atoms with Crippen molar-refractivity contribution in [1.29, 1.82) is 0 Å². The summed E-state index contributed by atoms with van der Waals surface area (Å²) in [5, 5.41) is 12.2. The Morgan fingerprint density at radius 1 is 1.23 bits per heavy atom. The van der Waals surface area contributed by atoms with Gasteiger partial charge in [0.25, 0.3) is 5.91 Å². The molecule has 2 aromatic carbocycles. The molecular formula is C22H21N3O6. The number of carbonyl (C=O) groups excluding carboxylic acids is 2. The van der Waals surface area contributed by atoms with Crippen molar-refractivity contribution in [2.24, 2.45) is 0 Å². The minimum Gasteiger partial charge on any atom is -0.497 e. The number of fused-ring (bicyclic) bond motifs is 1. The highest BCUT2D eigenvalue weighted by molar-refractivity contribution is 6.08. The molecule has 0 atom stereocenters. The normalized spacial score (nSPS) is 13.8. The van der Waals surface area contributed by atoms with Crippen LogP contribution in [0.25, 0.3) is 22.6 Å². The third-order valence-electron chi connectivity index (χ3n) is 4.95. The highest BCUT2D eigenvalue weighted by atomic mass is 16.5. The fourth-order valence-electron chi connectivity index (χ4n) is 3.36. The second-order valence-electron chi connectivity index (χ2n) is 6.85. The van der Waals surface area contributed by atoms with Crippen LogP contribution in [0.5, 0.6) is 5.75 Å². The van der Waals surface area contributed by atoms with Gasteiger partial charge < -0.3 is 29.2 Å². The molecule has 0 bridgehead atoms. The van der Waals surface area contributed by atoms with Crippen molar-refractivity contribution in [3.63, 3.8) is 0 Å². The number of β-amino-alcohol motifs (C(OH)–C–C–N with tert-alkyl or cyclic N) is 1. The average molecular weight is 423 g/mol. The van der Waals surface area contributed by atoms with E-state index in [-0.39, 0.29) is 36.9 Å². The Morgan fingerprint density at radius 3 is 2.68 bits per heavy atom. The molecule has 0 spiro atoms. The maximum absolute atomic E-state index is 12.7. The van der Waals surface area contributed by atoms with Crippen LogP contribution < -0.4 is 10.1 Å². The minimum atomic E-state index is -0.597. The molecule has 9 heteroatoms. The minimum absolute atomic E-state index is 0.0716. The van der Waals surface area contributed by atoms with Gasteiger partial charge in [-0.05, 0) is 42.5 Å². The summed E-state index contributed by atoms with van der Waals surface area (Å²) in [5.74, 6) is 0.210. The van der Waals surface area contributed by atoms with Crippen molar-refractivity contribution < 1.29 is 28.6 Å². The Morgan fingerprint density at radius 2 is 2.00 bits per heavy atom. The van der Waals surface area contributed by atoms with Gasteiger partial charge in [-0.25, -0.2) is 9.78 Å². The van der Waals surface area contributed by atoms with Gasteiger partial charge >= 0.3 is 5.97 Å². The first-order chi connectivity index (χ1) is 15.0. The molecule has 1 aromatic heterocycles. The molecule has 0 unspecified atom stereocenters. The lowest BCUT2D eigenvalue weighted by molar-refractivity contribution is -0.136. The number of ether oxygens (including phenoxy) is 2. The van der Waals surface area contributed by atoms with Crippen molar-refractivity contribution in [3.05, 3.63) is 53.7 Å². The standard InChI is InChI=1S/C22H21N3O6/c1-29-15-6-3-13(4-7-15)20-24-17-11-14(5-8-18(17)31-20)23-19-16(22(28)30-2)12-25(9-10-26)21(19)27/h3-8,11,23,26H,9-10,12H2,1-2H3. The molecule has 160 valence electrons. The molecule has 0 saturated carbocycles. The molecule has 2 N–H and O–H groups in total. The predicted molar refractivity (Wildman–Crippen MR) is 112 cm³/mol. The van der Waals surface area contributed by atoms with E-state index in [9.17, 15) is 14.7 Å². The molecule has 3 aromatic rings. The number of esters is 1. The van der Waals surface area contributed by atoms with Crippen LogP contribution in [0.4, 0.5) is 5.69 Å². The van der Waals surface area contributed by atoms with Crippen LogP contribution in [0.15, 0.2) is 58.2 Å². The number of amides is 1. The van der Waals surface area contributed by atoms with Gasteiger partial charge in [-0.1, -0.05) is 0 Å². The number of nitrogens with one attached hydrogen (secondary N) is 1. The summed E-state index contributed by atoms with van der Waals surface area (Å²) in [6.07, 6.45) is 0. The summed E-state index contributed by atoms with van der Waals surface area (Å²) >= 11 is 0. The zero-order valence-electron chi connectivity index (χ0n) is 17.0. The second-order valence-corrected chi connectivity index (χ2v) is 6.85. The van der Waals surface area contributed by atoms with Gasteiger partial charge in [0, 0.05) is 17.8 Å². The van der Waals surface area contributed by atoms with E-state index >= 15 is 0 Å². The number of aromatic nitrogens is 1. The van der Waals surface area contributed by atoms with E-state index < -0.39 is 5.97 Å². The van der Waals surface area contributed by atoms with Gasteiger partial charge in [-0.3, -0.25) is 4.79 Å². The zero-order valence-corrected chi connectivity index (χ0v) is 17.0. The Kier molecular flexibility index (Phi) is 5.59. The first-order valence-electron chi connectivity index (χ1n) is 9.57. The number of nitrogens with zero attached hydrogens (tertiary/aromatic N) is 2. The van der Waals surface area contributed by atoms with Gasteiger partial charge in [0.15, 0.2) is 5.58 Å². The lowest BCUT2D eigenvalue weighted by Gasteiger charge is -2.14. The Bertz CT molecular complexity index is 1170. The van der Waals surface area contributed by atoms with E-state index in [0.29, 0.717) is 22.7 Å². The predicted octanol–water partition coefficient (Wildman–Crippen LogP) is 2.18. The highest BCUT2D eigenvalue weighted by Gasteiger charge is 2.34. The SMILES string of the molecule is COC(=O)C1=C(Nc2ccc3oc(-c4ccc(OC)cc4)nc3c2)C(=O)N(CCO)C1. The van der Waals surface area contributed by atoms with Crippen molar-refractivity contribution in [3.8, 4) is 17.2 Å². The van der Waals surface area contributed by atoms with Gasteiger partial charge in [-0.2, -0.15) is 0 Å². The van der Waals surface area contributed by atoms with Crippen molar-refractivity contribution in [2.45, 2.75) is 0 Å². The quantitative estimate of drug-likeness (QED) is 0.556. The van der Waals surface area contributed by atoms with E-state index in [0.717, 1.165) is 11.3 Å². The molecule has 9 nitrogen and oxygen atoms in total. The van der Waals surface area contributed by atoms with Crippen LogP contribution in [0.3, 0.4) is 0 Å². The number of hydrogen-bond donors (Lipinski definition) is 2. The lowest BCUT2D eigenvalue weighted by atomic mass is 10.2. The molecule has 0 saturated heterocycles. The molecule has 0 aliphatic carbocycles. The van der Waals surface area contributed by atoms with Crippen LogP contribution in [0, 0.1) is 0 Å². The molecule has 2 heterocycles. The van der Waals surface area contributed by atoms with Crippen molar-refractivity contribution in [1.82, 2.24) is 9.88 Å². The highest BCUT2D eigenvalue weighted by Crippen LogP contribution is 2.29. The Labute approximate surface area is 177 Å². The van der Waals surface area contributed by atoms with Gasteiger partial charge in [-0.15, -0.1) is 0 Å². The maximum atomic E-state index is 12.7. The molecule has 1 aliphatic rings. The summed E-state index contributed by atoms with van der Waals surface area (Å²) in [6.45, 7) is -0.00716. The first-order valence-corrected chi connectivity index (χ1v) is 9.57. The monoisotopic (exact) mass is 423 g/mol. The number of oxazole rings is 1. The fraction of sp³-hybridized carbons (Fsp3) is 0.227. The van der Waals surface area contributed by atoms with E-state index in [1.165, 1.54) is 12.0 Å². The summed E-state index contributed by atoms with van der Waals surface area (Å²) in [6, 6.07) is 12.5. The summed E-state index contributed by atoms with van der Waals surface area (Å²) in [5.41, 5.74) is 2.87. The van der Waals surface area contributed by atoms with Crippen LogP contribution >= 0.6 is 0 Å². The van der Waals surface area contributed by atoms with Crippen LogP contribution in [0.1, 0.15) is 0 Å². The average Bonchev–Trinajstić information content (AvgIpc) is 3.35. The van der Waals surface area contributed by atoms with Gasteiger partial charge in [0.1, 0.15) is 17.0 Å². The lowest BCUT2D eigenvalue weighted by Crippen LogP contribution is -2.31. The number of anilines is 1. The summed E-state index contributed by atoms with van der Waals surface area (Å²) in [7, 11) is 2.86. The number of rotatable bonds is 7. The zero-order chi connectivity index (χ0) is 22.0. The van der Waals surface area contributed by atoms with Gasteiger partial charge in [0.05, 0.1) is 32.9 Å². The fourth-order valence-corrected chi connectivity index (χ4v) is 3.36. The molecule has 1 amide bonds. The number of carbonyl (C=O) groups is 2. The van der Waals surface area contributed by atoms with Crippen LogP contribution in [-0.2, 0) is 14.3 Å². The Balaban J connectivity index is 1.63. The number of methoxy groups -OCH3 is 2. The second kappa shape index (κ2) is 8.49. The largest absolute Gasteiger partial charge is 0.497 e. The molecule has 4 rings (SSSR count). The van der Waals surface area contributed by atoms with E-state index in [2.05, 4.69) is 10.3 Å². The molecule has 1 aliphatic heterocycles. The number of benzene rings is 2. The molecular weight excluding hydrogens is 402 g/mol. The number of aliphatic hydroxyl groups is 1. The molecule has 0 fully saturated rings. The Hall–Kier alpha value is -3.85. The van der Waals surface area contributed by atoms with Gasteiger partial charge in [0.2, 0.25) is 5.89 Å². The number of hydrogen-bond acceptors (Lipinski definition) is 8. The third kappa shape index (κ3) is 3.95. The van der Waals surface area contributed by atoms with E-state index in [4.69, 9.17) is 13.9 Å². The molecule has 0 radical (unpaired) electrons. The van der Waals surface area contributed by atoms with E-state index in [1.807, 2.05) is 24.3 Å². The number of aliphatic hydroxyl groups excluding tert-OH is 1. The molecule has 31 heavy (non-hydrogen) atoms. The van der Waals surface area contributed by atoms with Crippen LogP contribution in [0.2, 0.25) is 0 Å². The first kappa shape index (κ1) is 20.4. The summed E-state index contributed by atoms with van der Waals surface area (Å²) in [4.78, 5) is 30.7. The van der Waals surface area contributed by atoms with Crippen molar-refractivity contribution >= 4 is 28.7 Å². The maximum Gasteiger partial charge on any atom is 0.337 e.